The molecule has 3 rings (SSSR count). The number of sulfonamides is 1. The van der Waals surface area contributed by atoms with Gasteiger partial charge in [0, 0.05) is 25.3 Å². The van der Waals surface area contributed by atoms with Crippen molar-refractivity contribution < 1.29 is 18.0 Å². The Morgan fingerprint density at radius 1 is 0.897 bits per heavy atom. The molecule has 0 radical (unpaired) electrons. The highest BCUT2D eigenvalue weighted by molar-refractivity contribution is 7.89. The van der Waals surface area contributed by atoms with Crippen molar-refractivity contribution in [3.63, 3.8) is 0 Å². The third-order valence-electron chi connectivity index (χ3n) is 4.34. The maximum Gasteiger partial charge on any atom is 0.251 e. The van der Waals surface area contributed by atoms with Crippen molar-refractivity contribution in [3.8, 4) is 0 Å². The summed E-state index contributed by atoms with van der Waals surface area (Å²) in [7, 11) is -0.631. The highest BCUT2D eigenvalue weighted by Gasteiger charge is 2.17. The van der Waals surface area contributed by atoms with Crippen LogP contribution in [-0.2, 0) is 14.8 Å². The molecule has 0 aliphatic rings. The van der Waals surface area contributed by atoms with Gasteiger partial charge in [0.15, 0.2) is 0 Å². The molecule has 2 N–H and O–H groups in total. The summed E-state index contributed by atoms with van der Waals surface area (Å²) < 4.78 is 25.2. The van der Waals surface area contributed by atoms with E-state index in [2.05, 4.69) is 10.6 Å². The Hall–Kier alpha value is -3.23. The van der Waals surface area contributed by atoms with Crippen molar-refractivity contribution in [2.24, 2.45) is 0 Å². The zero-order valence-corrected chi connectivity index (χ0v) is 16.9. The summed E-state index contributed by atoms with van der Waals surface area (Å²) in [5, 5.41) is 7.18. The van der Waals surface area contributed by atoms with Gasteiger partial charge in [-0.05, 0) is 47.2 Å². The van der Waals surface area contributed by atoms with E-state index in [-0.39, 0.29) is 17.3 Å². The van der Waals surface area contributed by atoms with Gasteiger partial charge in [-0.15, -0.1) is 0 Å². The van der Waals surface area contributed by atoms with Gasteiger partial charge >= 0.3 is 0 Å². The van der Waals surface area contributed by atoms with Gasteiger partial charge < -0.3 is 10.6 Å². The van der Waals surface area contributed by atoms with Crippen molar-refractivity contribution in [1.82, 2.24) is 9.62 Å². The maximum atomic E-state index is 12.3. The first kappa shape index (κ1) is 20.5. The van der Waals surface area contributed by atoms with Crippen LogP contribution in [0.1, 0.15) is 10.4 Å². The second kappa shape index (κ2) is 8.42. The minimum atomic E-state index is -3.53. The lowest BCUT2D eigenvalue weighted by atomic mass is 10.1. The molecule has 0 aromatic heterocycles. The van der Waals surface area contributed by atoms with E-state index in [4.69, 9.17) is 0 Å². The standard InChI is InChI=1S/C21H21N3O4S/c1-24(2)29(27,28)19-11-9-18(10-12-19)23-20(25)14-22-21(26)17-8-7-15-5-3-4-6-16(15)13-17/h3-13H,14H2,1-2H3,(H,22,26)(H,23,25). The van der Waals surface area contributed by atoms with E-state index in [1.54, 1.807) is 12.1 Å². The monoisotopic (exact) mass is 411 g/mol. The quantitative estimate of drug-likeness (QED) is 0.651. The van der Waals surface area contributed by atoms with Gasteiger partial charge in [0.2, 0.25) is 15.9 Å². The van der Waals surface area contributed by atoms with E-state index in [1.165, 1.54) is 38.4 Å². The van der Waals surface area contributed by atoms with E-state index >= 15 is 0 Å². The van der Waals surface area contributed by atoms with Crippen molar-refractivity contribution in [2.75, 3.05) is 26.0 Å². The fraction of sp³-hybridized carbons (Fsp3) is 0.143. The number of amides is 2. The average molecular weight is 411 g/mol. The van der Waals surface area contributed by atoms with E-state index in [9.17, 15) is 18.0 Å². The second-order valence-corrected chi connectivity index (χ2v) is 8.76. The van der Waals surface area contributed by atoms with Gasteiger partial charge in [0.05, 0.1) is 11.4 Å². The van der Waals surface area contributed by atoms with Gasteiger partial charge in [-0.1, -0.05) is 30.3 Å². The van der Waals surface area contributed by atoms with Gasteiger partial charge in [-0.3, -0.25) is 9.59 Å². The number of nitrogens with one attached hydrogen (secondary N) is 2. The molecule has 7 nitrogen and oxygen atoms in total. The normalized spacial score (nSPS) is 11.4. The molecular formula is C21H21N3O4S. The molecule has 0 aliphatic heterocycles. The molecule has 0 heterocycles. The number of benzene rings is 3. The van der Waals surface area contributed by atoms with Gasteiger partial charge in [0.25, 0.3) is 5.91 Å². The van der Waals surface area contributed by atoms with Crippen molar-refractivity contribution in [3.05, 3.63) is 72.3 Å². The number of nitrogens with zero attached hydrogens (tertiary/aromatic N) is 1. The number of carbonyl (C=O) groups excluding carboxylic acids is 2. The maximum absolute atomic E-state index is 12.3. The third kappa shape index (κ3) is 4.79. The lowest BCUT2D eigenvalue weighted by Crippen LogP contribution is -2.32. The molecule has 0 bridgehead atoms. The number of hydrogen-bond donors (Lipinski definition) is 2. The largest absolute Gasteiger partial charge is 0.343 e. The summed E-state index contributed by atoms with van der Waals surface area (Å²) in [6.07, 6.45) is 0. The van der Waals surface area contributed by atoms with Crippen LogP contribution in [0.3, 0.4) is 0 Å². The Bertz CT molecular complexity index is 1160. The molecule has 0 atom stereocenters. The van der Waals surface area contributed by atoms with Crippen LogP contribution < -0.4 is 10.6 Å². The summed E-state index contributed by atoms with van der Waals surface area (Å²) in [4.78, 5) is 24.5. The Kier molecular flexibility index (Phi) is 5.95. The van der Waals surface area contributed by atoms with Crippen LogP contribution in [0.25, 0.3) is 10.8 Å². The van der Waals surface area contributed by atoms with Gasteiger partial charge in [0.1, 0.15) is 0 Å². The molecule has 0 aliphatic carbocycles. The van der Waals surface area contributed by atoms with Crippen LogP contribution in [0.5, 0.6) is 0 Å². The second-order valence-electron chi connectivity index (χ2n) is 6.60. The van der Waals surface area contributed by atoms with E-state index in [0.29, 0.717) is 11.3 Å². The minimum absolute atomic E-state index is 0.130. The van der Waals surface area contributed by atoms with Crippen LogP contribution in [0.4, 0.5) is 5.69 Å². The molecule has 0 unspecified atom stereocenters. The zero-order valence-electron chi connectivity index (χ0n) is 16.0. The molecule has 8 heteroatoms. The molecule has 0 fully saturated rings. The van der Waals surface area contributed by atoms with Crippen molar-refractivity contribution in [1.29, 1.82) is 0 Å². The zero-order chi connectivity index (χ0) is 21.0. The molecule has 29 heavy (non-hydrogen) atoms. The molecule has 2 amide bonds. The lowest BCUT2D eigenvalue weighted by molar-refractivity contribution is -0.115. The number of rotatable bonds is 6. The number of fused-ring (bicyclic) bond motifs is 1. The molecular weight excluding hydrogens is 390 g/mol. The summed E-state index contributed by atoms with van der Waals surface area (Å²) in [6.45, 7) is -0.205. The van der Waals surface area contributed by atoms with Crippen LogP contribution in [-0.4, -0.2) is 45.2 Å². The predicted molar refractivity (Wildman–Crippen MR) is 112 cm³/mol. The molecule has 0 saturated heterocycles. The Morgan fingerprint density at radius 3 is 2.21 bits per heavy atom. The lowest BCUT2D eigenvalue weighted by Gasteiger charge is -2.12. The van der Waals surface area contributed by atoms with Crippen LogP contribution in [0, 0.1) is 0 Å². The topological polar surface area (TPSA) is 95.6 Å². The van der Waals surface area contributed by atoms with Crippen LogP contribution in [0.2, 0.25) is 0 Å². The van der Waals surface area contributed by atoms with Gasteiger partial charge in [-0.25, -0.2) is 12.7 Å². The summed E-state index contributed by atoms with van der Waals surface area (Å²) in [5.41, 5.74) is 0.905. The average Bonchev–Trinajstić information content (AvgIpc) is 2.72. The van der Waals surface area contributed by atoms with E-state index in [1.807, 2.05) is 30.3 Å². The SMILES string of the molecule is CN(C)S(=O)(=O)c1ccc(NC(=O)CNC(=O)c2ccc3ccccc3c2)cc1. The first-order valence-corrected chi connectivity index (χ1v) is 10.3. The fourth-order valence-electron chi connectivity index (χ4n) is 2.72. The molecule has 0 spiro atoms. The number of anilines is 1. The van der Waals surface area contributed by atoms with Crippen molar-refractivity contribution in [2.45, 2.75) is 4.90 Å². The highest BCUT2D eigenvalue weighted by Crippen LogP contribution is 2.17. The molecule has 3 aromatic carbocycles. The highest BCUT2D eigenvalue weighted by atomic mass is 32.2. The van der Waals surface area contributed by atoms with Crippen LogP contribution in [0.15, 0.2) is 71.6 Å². The third-order valence-corrected chi connectivity index (χ3v) is 6.17. The Balaban J connectivity index is 1.58. The van der Waals surface area contributed by atoms with E-state index in [0.717, 1.165) is 15.1 Å². The Morgan fingerprint density at radius 2 is 1.55 bits per heavy atom. The molecule has 3 aromatic rings. The number of carbonyl (C=O) groups is 2. The Labute approximate surface area is 169 Å². The summed E-state index contributed by atoms with van der Waals surface area (Å²) >= 11 is 0. The smallest absolute Gasteiger partial charge is 0.251 e. The van der Waals surface area contributed by atoms with Crippen molar-refractivity contribution >= 4 is 38.3 Å². The first-order valence-electron chi connectivity index (χ1n) is 8.87. The molecule has 150 valence electrons. The summed E-state index contributed by atoms with van der Waals surface area (Å²) in [6, 6.07) is 18.9. The molecule has 0 saturated carbocycles. The van der Waals surface area contributed by atoms with E-state index < -0.39 is 15.9 Å². The van der Waals surface area contributed by atoms with Gasteiger partial charge in [-0.2, -0.15) is 0 Å². The van der Waals surface area contributed by atoms with Crippen LogP contribution >= 0.6 is 0 Å². The number of hydrogen-bond acceptors (Lipinski definition) is 4. The minimum Gasteiger partial charge on any atom is -0.343 e. The summed E-state index contributed by atoms with van der Waals surface area (Å²) in [5.74, 6) is -0.763. The predicted octanol–water partition coefficient (Wildman–Crippen LogP) is 2.46. The first-order chi connectivity index (χ1) is 13.8. The fourth-order valence-corrected chi connectivity index (χ4v) is 3.62.